The zero-order valence-corrected chi connectivity index (χ0v) is 16.8. The van der Waals surface area contributed by atoms with Gasteiger partial charge < -0.3 is 27.1 Å². The van der Waals surface area contributed by atoms with Crippen molar-refractivity contribution < 1.29 is 9.18 Å². The molecule has 1 aromatic rings. The number of nitrogens with zero attached hydrogens (tertiary/aromatic N) is 3. The summed E-state index contributed by atoms with van der Waals surface area (Å²) >= 11 is 0. The molecule has 2 rings (SSSR count). The van der Waals surface area contributed by atoms with Crippen LogP contribution in [0.5, 0.6) is 0 Å². The third-order valence-corrected chi connectivity index (χ3v) is 4.89. The maximum atomic E-state index is 14.3. The van der Waals surface area contributed by atoms with Gasteiger partial charge in [0.25, 0.3) is 0 Å². The SMILES string of the molecule is CN1CCN(C/C=C(/C(=N)c2cc(/C(=C/N)CN)c(F)cc2N)N(C)N)CC1=O. The van der Waals surface area contributed by atoms with Gasteiger partial charge in [0.1, 0.15) is 5.82 Å². The van der Waals surface area contributed by atoms with Crippen molar-refractivity contribution >= 4 is 22.9 Å². The first-order valence-corrected chi connectivity index (χ1v) is 9.14. The number of carbonyl (C=O) groups excluding carboxylic acids is 1. The maximum absolute atomic E-state index is 14.3. The highest BCUT2D eigenvalue weighted by molar-refractivity contribution is 6.13. The van der Waals surface area contributed by atoms with E-state index in [1.807, 2.05) is 4.90 Å². The van der Waals surface area contributed by atoms with E-state index in [9.17, 15) is 9.18 Å². The molecule has 10 heteroatoms. The van der Waals surface area contributed by atoms with Crippen molar-refractivity contribution in [2.24, 2.45) is 17.3 Å². The molecule has 0 aliphatic carbocycles. The number of benzene rings is 1. The van der Waals surface area contributed by atoms with Gasteiger partial charge in [0, 0.05) is 57.1 Å². The lowest BCUT2D eigenvalue weighted by Crippen LogP contribution is -2.48. The highest BCUT2D eigenvalue weighted by Gasteiger charge is 2.22. The van der Waals surface area contributed by atoms with Gasteiger partial charge in [-0.05, 0) is 30.0 Å². The number of carbonyl (C=O) groups is 1. The number of nitrogen functional groups attached to an aromatic ring is 1. The third-order valence-electron chi connectivity index (χ3n) is 4.89. The minimum Gasteiger partial charge on any atom is -0.404 e. The van der Waals surface area contributed by atoms with Gasteiger partial charge in [-0.25, -0.2) is 10.2 Å². The molecule has 1 fully saturated rings. The maximum Gasteiger partial charge on any atom is 0.236 e. The Labute approximate surface area is 169 Å². The summed E-state index contributed by atoms with van der Waals surface area (Å²) in [6.45, 7) is 2.13. The Morgan fingerprint density at radius 1 is 1.34 bits per heavy atom. The van der Waals surface area contributed by atoms with Gasteiger partial charge in [0.15, 0.2) is 0 Å². The van der Waals surface area contributed by atoms with Crippen LogP contribution >= 0.6 is 0 Å². The molecule has 1 heterocycles. The molecule has 29 heavy (non-hydrogen) atoms. The van der Waals surface area contributed by atoms with E-state index in [4.69, 9.17) is 28.5 Å². The van der Waals surface area contributed by atoms with Gasteiger partial charge in [-0.2, -0.15) is 0 Å². The average Bonchev–Trinajstić information content (AvgIpc) is 2.66. The van der Waals surface area contributed by atoms with E-state index in [1.165, 1.54) is 17.3 Å². The van der Waals surface area contributed by atoms with Gasteiger partial charge in [0.2, 0.25) is 5.91 Å². The second kappa shape index (κ2) is 9.50. The quantitative estimate of drug-likeness (QED) is 0.177. The Morgan fingerprint density at radius 3 is 2.59 bits per heavy atom. The van der Waals surface area contributed by atoms with E-state index >= 15 is 0 Å². The fourth-order valence-corrected chi connectivity index (χ4v) is 3.06. The minimum atomic E-state index is -0.566. The van der Waals surface area contributed by atoms with Crippen LogP contribution in [0.15, 0.2) is 30.1 Å². The number of rotatable bonds is 7. The Balaban J connectivity index is 2.33. The van der Waals surface area contributed by atoms with E-state index in [0.29, 0.717) is 36.5 Å². The molecule has 9 N–H and O–H groups in total. The number of allylic oxidation sites excluding steroid dienone is 1. The molecule has 0 saturated carbocycles. The van der Waals surface area contributed by atoms with Crippen LogP contribution in [0.4, 0.5) is 10.1 Å². The molecule has 0 unspecified atom stereocenters. The molecule has 1 aliphatic heterocycles. The zero-order chi connectivity index (χ0) is 21.7. The van der Waals surface area contributed by atoms with E-state index in [2.05, 4.69) is 0 Å². The largest absolute Gasteiger partial charge is 0.404 e. The van der Waals surface area contributed by atoms with E-state index in [1.54, 1.807) is 25.1 Å². The van der Waals surface area contributed by atoms with Gasteiger partial charge in [0.05, 0.1) is 18.0 Å². The Hall–Kier alpha value is -2.95. The molecule has 1 amide bonds. The lowest BCUT2D eigenvalue weighted by molar-refractivity contribution is -0.134. The normalized spacial score (nSPS) is 16.3. The van der Waals surface area contributed by atoms with Crippen LogP contribution in [0.25, 0.3) is 5.57 Å². The van der Waals surface area contributed by atoms with Crippen LogP contribution in [-0.2, 0) is 4.79 Å². The summed E-state index contributed by atoms with van der Waals surface area (Å²) in [6, 6.07) is 2.60. The van der Waals surface area contributed by atoms with Gasteiger partial charge in [-0.3, -0.25) is 15.1 Å². The average molecular weight is 404 g/mol. The molecule has 0 aromatic heterocycles. The van der Waals surface area contributed by atoms with Crippen LogP contribution in [0.1, 0.15) is 11.1 Å². The molecule has 0 spiro atoms. The molecule has 1 saturated heterocycles. The molecular formula is C19H29FN8O. The molecule has 0 radical (unpaired) electrons. The Bertz CT molecular complexity index is 849. The van der Waals surface area contributed by atoms with Crippen molar-refractivity contribution in [3.63, 3.8) is 0 Å². The number of likely N-dealkylation sites (N-methyl/N-ethyl adjacent to an activating group) is 2. The number of nitrogens with one attached hydrogen (secondary N) is 1. The van der Waals surface area contributed by atoms with Crippen molar-refractivity contribution in [3.8, 4) is 0 Å². The van der Waals surface area contributed by atoms with Crippen molar-refractivity contribution in [3.05, 3.63) is 47.0 Å². The standard InChI is InChI=1S/C19H29FN8O/c1-26-5-6-28(11-18(26)29)4-3-17(27(2)25)19(24)14-7-13(12(9-21)10-22)15(20)8-16(14)23/h3,7-9,24H,4-6,10-11,21-23,25H2,1-2H3/b12-9+,17-3-,24-19?. The number of piperazine rings is 1. The fourth-order valence-electron chi connectivity index (χ4n) is 3.06. The van der Waals surface area contributed by atoms with Gasteiger partial charge in [-0.1, -0.05) is 0 Å². The summed E-state index contributed by atoms with van der Waals surface area (Å²) in [5.41, 5.74) is 18.6. The number of halogens is 1. The molecule has 0 bridgehead atoms. The van der Waals surface area contributed by atoms with Crippen molar-refractivity contribution in [1.29, 1.82) is 5.41 Å². The molecule has 9 nitrogen and oxygen atoms in total. The molecule has 1 aromatic carbocycles. The van der Waals surface area contributed by atoms with Crippen molar-refractivity contribution in [2.75, 3.05) is 52.6 Å². The van der Waals surface area contributed by atoms with Gasteiger partial charge in [-0.15, -0.1) is 0 Å². The van der Waals surface area contributed by atoms with Crippen LogP contribution in [0.2, 0.25) is 0 Å². The van der Waals surface area contributed by atoms with Gasteiger partial charge >= 0.3 is 0 Å². The van der Waals surface area contributed by atoms with E-state index in [-0.39, 0.29) is 29.4 Å². The smallest absolute Gasteiger partial charge is 0.236 e. The summed E-state index contributed by atoms with van der Waals surface area (Å²) in [5.74, 6) is 5.41. The van der Waals surface area contributed by atoms with Crippen LogP contribution in [-0.4, -0.2) is 73.2 Å². The highest BCUT2D eigenvalue weighted by Crippen LogP contribution is 2.25. The minimum absolute atomic E-state index is 0.0302. The number of anilines is 1. The van der Waals surface area contributed by atoms with Crippen molar-refractivity contribution in [2.45, 2.75) is 0 Å². The number of nitrogens with two attached hydrogens (primary N) is 4. The summed E-state index contributed by atoms with van der Waals surface area (Å²) in [4.78, 5) is 15.5. The zero-order valence-electron chi connectivity index (χ0n) is 16.8. The van der Waals surface area contributed by atoms with Crippen LogP contribution in [0.3, 0.4) is 0 Å². The lowest BCUT2D eigenvalue weighted by atomic mass is 9.97. The number of amides is 1. The third kappa shape index (κ3) is 5.11. The summed E-state index contributed by atoms with van der Waals surface area (Å²) in [6.07, 6.45) is 2.99. The number of hydrazine groups is 1. The lowest BCUT2D eigenvalue weighted by Gasteiger charge is -2.31. The predicted molar refractivity (Wildman–Crippen MR) is 113 cm³/mol. The Morgan fingerprint density at radius 2 is 2.03 bits per heavy atom. The predicted octanol–water partition coefficient (Wildman–Crippen LogP) is -0.503. The first-order valence-electron chi connectivity index (χ1n) is 9.14. The number of hydrogen-bond donors (Lipinski definition) is 5. The summed E-state index contributed by atoms with van der Waals surface area (Å²) in [5, 5.41) is 9.90. The second-order valence-electron chi connectivity index (χ2n) is 6.94. The Kier molecular flexibility index (Phi) is 7.32. The van der Waals surface area contributed by atoms with Crippen LogP contribution in [0, 0.1) is 11.2 Å². The van der Waals surface area contributed by atoms with E-state index in [0.717, 1.165) is 12.6 Å². The highest BCUT2D eigenvalue weighted by atomic mass is 19.1. The molecule has 0 atom stereocenters. The van der Waals surface area contributed by atoms with E-state index < -0.39 is 5.82 Å². The molecule has 158 valence electrons. The monoisotopic (exact) mass is 404 g/mol. The molecular weight excluding hydrogens is 375 g/mol. The summed E-state index contributed by atoms with van der Waals surface area (Å²) in [7, 11) is 3.37. The fraction of sp³-hybridized carbons (Fsp3) is 0.368. The van der Waals surface area contributed by atoms with Crippen LogP contribution < -0.4 is 23.0 Å². The second-order valence-corrected chi connectivity index (χ2v) is 6.94. The first kappa shape index (κ1) is 22.3. The van der Waals surface area contributed by atoms with Crippen molar-refractivity contribution in [1.82, 2.24) is 14.8 Å². The summed E-state index contributed by atoms with van der Waals surface area (Å²) < 4.78 is 14.3. The molecule has 1 aliphatic rings. The topological polar surface area (TPSA) is 155 Å². The first-order chi connectivity index (χ1) is 13.7. The number of hydrogen-bond acceptors (Lipinski definition) is 8.